The van der Waals surface area contributed by atoms with Gasteiger partial charge in [-0.25, -0.2) is 0 Å². The fourth-order valence-electron chi connectivity index (χ4n) is 1.40. The average Bonchev–Trinajstić information content (AvgIpc) is 2.04. The lowest BCUT2D eigenvalue weighted by Crippen LogP contribution is -2.50. The Morgan fingerprint density at radius 1 is 1.62 bits per heavy atom. The highest BCUT2D eigenvalue weighted by Crippen LogP contribution is 2.23. The molecule has 0 bridgehead atoms. The van der Waals surface area contributed by atoms with Gasteiger partial charge in [0.25, 0.3) is 5.54 Å². The Bertz CT molecular complexity index is 220. The van der Waals surface area contributed by atoms with Crippen molar-refractivity contribution in [1.29, 1.82) is 0 Å². The van der Waals surface area contributed by atoms with Crippen LogP contribution >= 0.6 is 0 Å². The first kappa shape index (κ1) is 10.1. The molecule has 0 unspecified atom stereocenters. The molecule has 1 fully saturated rings. The predicted octanol–water partition coefficient (Wildman–Crippen LogP) is 0.972. The molecule has 5 heteroatoms. The molecule has 1 aliphatic rings. The topological polar surface area (TPSA) is 61.6 Å². The van der Waals surface area contributed by atoms with Crippen LogP contribution in [0.3, 0.4) is 0 Å². The fourth-order valence-corrected chi connectivity index (χ4v) is 1.40. The van der Waals surface area contributed by atoms with Gasteiger partial charge in [-0.3, -0.25) is 10.1 Å². The van der Waals surface area contributed by atoms with Crippen LogP contribution in [0.5, 0.6) is 0 Å². The van der Waals surface area contributed by atoms with E-state index < -0.39 is 5.54 Å². The highest BCUT2D eigenvalue weighted by molar-refractivity contribution is 4.98. The number of rotatable bonds is 3. The smallest absolute Gasteiger partial charge is 0.271 e. The molecule has 0 aromatic rings. The number of nitrogens with zero attached hydrogens (tertiary/aromatic N) is 1. The van der Waals surface area contributed by atoms with Crippen molar-refractivity contribution < 1.29 is 14.4 Å². The molecule has 0 aromatic carbocycles. The van der Waals surface area contributed by atoms with Gasteiger partial charge >= 0.3 is 0 Å². The highest BCUT2D eigenvalue weighted by atomic mass is 16.7. The zero-order chi connectivity index (χ0) is 9.90. The molecule has 0 N–H and O–H groups in total. The Morgan fingerprint density at radius 3 is 2.54 bits per heavy atom. The van der Waals surface area contributed by atoms with Crippen LogP contribution in [0.15, 0.2) is 12.2 Å². The lowest BCUT2D eigenvalue weighted by Gasteiger charge is -2.28. The fraction of sp³-hybridized carbons (Fsp3) is 0.750. The van der Waals surface area contributed by atoms with Crippen molar-refractivity contribution in [1.82, 2.24) is 0 Å². The predicted molar refractivity (Wildman–Crippen MR) is 45.9 cm³/mol. The van der Waals surface area contributed by atoms with Crippen molar-refractivity contribution >= 4 is 0 Å². The summed E-state index contributed by atoms with van der Waals surface area (Å²) >= 11 is 0. The molecule has 0 atom stereocenters. The quantitative estimate of drug-likeness (QED) is 0.375. The lowest BCUT2D eigenvalue weighted by molar-refractivity contribution is -0.587. The van der Waals surface area contributed by atoms with Gasteiger partial charge in [-0.2, -0.15) is 0 Å². The summed E-state index contributed by atoms with van der Waals surface area (Å²) in [6.07, 6.45) is 0.306. The van der Waals surface area contributed by atoms with Gasteiger partial charge in [0, 0.05) is 11.3 Å². The first-order valence-corrected chi connectivity index (χ1v) is 4.01. The van der Waals surface area contributed by atoms with Crippen LogP contribution in [0.4, 0.5) is 0 Å². The maximum Gasteiger partial charge on any atom is 0.271 e. The van der Waals surface area contributed by atoms with Crippen LogP contribution in [0.25, 0.3) is 0 Å². The summed E-state index contributed by atoms with van der Waals surface area (Å²) in [4.78, 5) is 10.5. The maximum absolute atomic E-state index is 10.8. The summed E-state index contributed by atoms with van der Waals surface area (Å²) in [5.41, 5.74) is -0.352. The van der Waals surface area contributed by atoms with E-state index in [0.717, 1.165) is 5.57 Å². The SMILES string of the molecule is C=C(C)CC1([N+](=O)[O-])COCOC1. The molecule has 13 heavy (non-hydrogen) atoms. The molecule has 0 saturated carbocycles. The van der Waals surface area contributed by atoms with E-state index in [0.29, 0.717) is 6.42 Å². The van der Waals surface area contributed by atoms with Crippen LogP contribution in [-0.4, -0.2) is 30.5 Å². The van der Waals surface area contributed by atoms with Crippen molar-refractivity contribution in [3.8, 4) is 0 Å². The van der Waals surface area contributed by atoms with Crippen LogP contribution in [-0.2, 0) is 9.47 Å². The molecule has 0 aliphatic carbocycles. The van der Waals surface area contributed by atoms with Crippen molar-refractivity contribution in [3.63, 3.8) is 0 Å². The molecule has 0 spiro atoms. The van der Waals surface area contributed by atoms with E-state index in [2.05, 4.69) is 6.58 Å². The first-order valence-electron chi connectivity index (χ1n) is 4.01. The lowest BCUT2D eigenvalue weighted by atomic mass is 9.94. The van der Waals surface area contributed by atoms with Gasteiger partial charge in [0.15, 0.2) is 0 Å². The second-order valence-corrected chi connectivity index (χ2v) is 3.43. The molecule has 0 radical (unpaired) electrons. The molecule has 74 valence electrons. The molecule has 0 aromatic heterocycles. The van der Waals surface area contributed by atoms with E-state index >= 15 is 0 Å². The summed E-state index contributed by atoms with van der Waals surface area (Å²) < 4.78 is 9.89. The van der Waals surface area contributed by atoms with Crippen molar-refractivity contribution in [2.75, 3.05) is 20.0 Å². The van der Waals surface area contributed by atoms with E-state index in [1.807, 2.05) is 0 Å². The Balaban J connectivity index is 2.73. The third-order valence-corrected chi connectivity index (χ3v) is 1.93. The van der Waals surface area contributed by atoms with E-state index in [1.54, 1.807) is 6.92 Å². The summed E-state index contributed by atoms with van der Waals surface area (Å²) in [5, 5.41) is 10.8. The number of ether oxygens (including phenoxy) is 2. The Hall–Kier alpha value is -0.940. The zero-order valence-electron chi connectivity index (χ0n) is 7.62. The number of nitro groups is 1. The normalized spacial score (nSPS) is 21.0. The van der Waals surface area contributed by atoms with E-state index in [-0.39, 0.29) is 24.9 Å². The summed E-state index contributed by atoms with van der Waals surface area (Å²) in [7, 11) is 0. The van der Waals surface area contributed by atoms with E-state index in [4.69, 9.17) is 9.47 Å². The molecule has 1 rings (SSSR count). The van der Waals surface area contributed by atoms with Crippen molar-refractivity contribution in [2.45, 2.75) is 18.9 Å². The molecule has 1 saturated heterocycles. The van der Waals surface area contributed by atoms with Gasteiger partial charge in [-0.1, -0.05) is 12.2 Å². The van der Waals surface area contributed by atoms with Gasteiger partial charge in [0.05, 0.1) is 0 Å². The minimum Gasteiger partial charge on any atom is -0.348 e. The summed E-state index contributed by atoms with van der Waals surface area (Å²) in [5.74, 6) is 0. The minimum absolute atomic E-state index is 0.104. The minimum atomic E-state index is -1.12. The van der Waals surface area contributed by atoms with Gasteiger partial charge < -0.3 is 9.47 Å². The molecule has 1 aliphatic heterocycles. The third kappa shape index (κ3) is 2.26. The van der Waals surface area contributed by atoms with E-state index in [1.165, 1.54) is 0 Å². The second-order valence-electron chi connectivity index (χ2n) is 3.43. The van der Waals surface area contributed by atoms with Crippen LogP contribution in [0.1, 0.15) is 13.3 Å². The largest absolute Gasteiger partial charge is 0.348 e. The van der Waals surface area contributed by atoms with E-state index in [9.17, 15) is 10.1 Å². The Morgan fingerprint density at radius 2 is 2.15 bits per heavy atom. The van der Waals surface area contributed by atoms with Crippen LogP contribution < -0.4 is 0 Å². The van der Waals surface area contributed by atoms with Gasteiger partial charge in [-0.15, -0.1) is 0 Å². The van der Waals surface area contributed by atoms with Crippen LogP contribution in [0.2, 0.25) is 0 Å². The molecular weight excluding hydrogens is 174 g/mol. The van der Waals surface area contributed by atoms with Crippen molar-refractivity contribution in [2.24, 2.45) is 0 Å². The molecule has 1 heterocycles. The summed E-state index contributed by atoms with van der Waals surface area (Å²) in [6.45, 7) is 5.78. The molecule has 0 amide bonds. The highest BCUT2D eigenvalue weighted by Gasteiger charge is 2.45. The maximum atomic E-state index is 10.8. The molecular formula is C8H13NO4. The zero-order valence-corrected chi connectivity index (χ0v) is 7.62. The van der Waals surface area contributed by atoms with Gasteiger partial charge in [-0.05, 0) is 6.92 Å². The Labute approximate surface area is 76.5 Å². The second kappa shape index (κ2) is 3.85. The van der Waals surface area contributed by atoms with Crippen molar-refractivity contribution in [3.05, 3.63) is 22.3 Å². The number of hydrogen-bond acceptors (Lipinski definition) is 4. The molecule has 5 nitrogen and oxygen atoms in total. The first-order chi connectivity index (χ1) is 6.07. The summed E-state index contributed by atoms with van der Waals surface area (Å²) in [6, 6.07) is 0. The number of hydrogen-bond donors (Lipinski definition) is 0. The Kier molecular flexibility index (Phi) is 3.00. The van der Waals surface area contributed by atoms with Crippen LogP contribution in [0, 0.1) is 10.1 Å². The van der Waals surface area contributed by atoms with Gasteiger partial charge in [0.2, 0.25) is 0 Å². The average molecular weight is 187 g/mol. The third-order valence-electron chi connectivity index (χ3n) is 1.93. The van der Waals surface area contributed by atoms with Gasteiger partial charge in [0.1, 0.15) is 20.0 Å². The monoisotopic (exact) mass is 187 g/mol. The standard InChI is InChI=1S/C8H13NO4/c1-7(2)3-8(9(10)11)4-12-6-13-5-8/h1,3-6H2,2H3.